The van der Waals surface area contributed by atoms with Crippen molar-refractivity contribution in [2.45, 2.75) is 20.8 Å². The number of aromatic nitrogens is 2. The Morgan fingerprint density at radius 2 is 1.57 bits per heavy atom. The molecule has 0 bridgehead atoms. The summed E-state index contributed by atoms with van der Waals surface area (Å²) in [5, 5.41) is 6.47. The van der Waals surface area contributed by atoms with Crippen molar-refractivity contribution in [3.8, 4) is 5.69 Å². The van der Waals surface area contributed by atoms with Gasteiger partial charge in [-0.15, -0.1) is 0 Å². The van der Waals surface area contributed by atoms with Gasteiger partial charge in [0.25, 0.3) is 11.8 Å². The summed E-state index contributed by atoms with van der Waals surface area (Å²) in [7, 11) is 0. The minimum atomic E-state index is -0.768. The van der Waals surface area contributed by atoms with Crippen molar-refractivity contribution in [2.75, 3.05) is 4.90 Å². The van der Waals surface area contributed by atoms with Gasteiger partial charge in [0.05, 0.1) is 17.6 Å². The number of barbiturate groups is 1. The van der Waals surface area contributed by atoms with Crippen molar-refractivity contribution < 1.29 is 14.4 Å². The Bertz CT molecular complexity index is 1100. The number of carbonyl (C=O) groups excluding carboxylic acids is 3. The number of urea groups is 1. The maximum atomic E-state index is 12.9. The monoisotopic (exact) mass is 402 g/mol. The van der Waals surface area contributed by atoms with Crippen LogP contribution in [0.25, 0.3) is 11.8 Å². The lowest BCUT2D eigenvalue weighted by Gasteiger charge is -2.26. The number of hydrogen-bond donors (Lipinski definition) is 1. The highest BCUT2D eigenvalue weighted by atomic mass is 16.2. The Balaban J connectivity index is 0.00000124. The second kappa shape index (κ2) is 9.00. The second-order valence-corrected chi connectivity index (χ2v) is 6.35. The molecule has 3 aromatic rings. The summed E-state index contributed by atoms with van der Waals surface area (Å²) >= 11 is 0. The van der Waals surface area contributed by atoms with E-state index in [0.717, 1.165) is 16.2 Å². The molecule has 7 nitrogen and oxygen atoms in total. The van der Waals surface area contributed by atoms with E-state index >= 15 is 0 Å². The van der Waals surface area contributed by atoms with E-state index in [0.29, 0.717) is 11.3 Å². The number of anilines is 1. The first kappa shape index (κ1) is 20.7. The quantitative estimate of drug-likeness (QED) is 0.532. The number of amides is 4. The van der Waals surface area contributed by atoms with Crippen LogP contribution in [0.4, 0.5) is 10.5 Å². The van der Waals surface area contributed by atoms with Gasteiger partial charge in [0.2, 0.25) is 0 Å². The van der Waals surface area contributed by atoms with Crippen molar-refractivity contribution in [3.05, 3.63) is 83.7 Å². The average molecular weight is 402 g/mol. The molecular weight excluding hydrogens is 380 g/mol. The fourth-order valence-electron chi connectivity index (χ4n) is 2.89. The lowest BCUT2D eigenvalue weighted by atomic mass is 10.1. The van der Waals surface area contributed by atoms with Crippen LogP contribution in [0.1, 0.15) is 25.0 Å². The van der Waals surface area contributed by atoms with Gasteiger partial charge in [-0.05, 0) is 37.3 Å². The van der Waals surface area contributed by atoms with E-state index in [1.54, 1.807) is 41.3 Å². The van der Waals surface area contributed by atoms with Crippen LogP contribution in [-0.4, -0.2) is 27.6 Å². The number of nitrogens with zero attached hydrogens (tertiary/aromatic N) is 3. The number of carbonyl (C=O) groups is 3. The minimum absolute atomic E-state index is 0.132. The molecule has 2 aromatic carbocycles. The van der Waals surface area contributed by atoms with E-state index < -0.39 is 17.8 Å². The SMILES string of the molecule is CC.Cc1ccc(N2C(=O)NC(=O)/C(=C\c3cnn(-c4ccccc4)c3)C2=O)cc1. The van der Waals surface area contributed by atoms with Gasteiger partial charge in [-0.1, -0.05) is 49.7 Å². The van der Waals surface area contributed by atoms with Crippen LogP contribution < -0.4 is 10.2 Å². The minimum Gasteiger partial charge on any atom is -0.273 e. The molecular formula is C23H22N4O3. The topological polar surface area (TPSA) is 84.3 Å². The zero-order valence-corrected chi connectivity index (χ0v) is 17.0. The molecule has 0 saturated carbocycles. The normalized spacial score (nSPS) is 15.0. The third-order valence-corrected chi connectivity index (χ3v) is 4.33. The Morgan fingerprint density at radius 1 is 0.900 bits per heavy atom. The number of hydrogen-bond acceptors (Lipinski definition) is 4. The molecule has 0 aliphatic carbocycles. The zero-order valence-electron chi connectivity index (χ0n) is 17.0. The van der Waals surface area contributed by atoms with Gasteiger partial charge in [-0.3, -0.25) is 14.9 Å². The third kappa shape index (κ3) is 4.20. The first-order valence-corrected chi connectivity index (χ1v) is 9.61. The van der Waals surface area contributed by atoms with Crippen molar-refractivity contribution in [1.82, 2.24) is 15.1 Å². The Morgan fingerprint density at radius 3 is 2.23 bits per heavy atom. The molecule has 0 unspecified atom stereocenters. The van der Waals surface area contributed by atoms with Gasteiger partial charge < -0.3 is 0 Å². The first-order chi connectivity index (χ1) is 14.5. The number of nitrogens with one attached hydrogen (secondary N) is 1. The fourth-order valence-corrected chi connectivity index (χ4v) is 2.89. The Kier molecular flexibility index (Phi) is 6.22. The summed E-state index contributed by atoms with van der Waals surface area (Å²) < 4.78 is 1.64. The number of aryl methyl sites for hydroxylation is 1. The maximum Gasteiger partial charge on any atom is 0.335 e. The molecule has 0 radical (unpaired) electrons. The molecule has 0 atom stereocenters. The predicted octanol–water partition coefficient (Wildman–Crippen LogP) is 3.87. The summed E-state index contributed by atoms with van der Waals surface area (Å²) in [5.41, 5.74) is 2.68. The van der Waals surface area contributed by atoms with E-state index in [9.17, 15) is 14.4 Å². The van der Waals surface area contributed by atoms with Crippen LogP contribution in [-0.2, 0) is 9.59 Å². The zero-order chi connectivity index (χ0) is 21.7. The van der Waals surface area contributed by atoms with Gasteiger partial charge in [0.15, 0.2) is 0 Å². The Hall–Kier alpha value is -4.00. The average Bonchev–Trinajstić information content (AvgIpc) is 3.23. The van der Waals surface area contributed by atoms with Crippen molar-refractivity contribution >= 4 is 29.6 Å². The molecule has 30 heavy (non-hydrogen) atoms. The molecule has 7 heteroatoms. The highest BCUT2D eigenvalue weighted by Crippen LogP contribution is 2.22. The first-order valence-electron chi connectivity index (χ1n) is 9.61. The third-order valence-electron chi connectivity index (χ3n) is 4.33. The van der Waals surface area contributed by atoms with E-state index in [1.807, 2.05) is 51.1 Å². The summed E-state index contributed by atoms with van der Waals surface area (Å²) in [4.78, 5) is 38.3. The number of benzene rings is 2. The largest absolute Gasteiger partial charge is 0.335 e. The van der Waals surface area contributed by atoms with Gasteiger partial charge in [0.1, 0.15) is 5.57 Å². The van der Waals surface area contributed by atoms with Crippen LogP contribution in [0.3, 0.4) is 0 Å². The van der Waals surface area contributed by atoms with Gasteiger partial charge in [0, 0.05) is 11.8 Å². The number of imide groups is 2. The second-order valence-electron chi connectivity index (χ2n) is 6.35. The molecule has 1 N–H and O–H groups in total. The van der Waals surface area contributed by atoms with Gasteiger partial charge >= 0.3 is 6.03 Å². The Labute approximate surface area is 174 Å². The van der Waals surface area contributed by atoms with E-state index in [-0.39, 0.29) is 5.57 Å². The standard InChI is InChI=1S/C21H16N4O3.C2H6/c1-14-7-9-17(10-8-14)25-20(27)18(19(26)23-21(25)28)11-15-12-22-24(13-15)16-5-3-2-4-6-16;1-2/h2-13H,1H3,(H,23,26,28);1-2H3/b18-11+;. The summed E-state index contributed by atoms with van der Waals surface area (Å²) in [6.07, 6.45) is 4.68. The van der Waals surface area contributed by atoms with Crippen molar-refractivity contribution in [3.63, 3.8) is 0 Å². The van der Waals surface area contributed by atoms with Crippen molar-refractivity contribution in [1.29, 1.82) is 0 Å². The summed E-state index contributed by atoms with van der Waals surface area (Å²) in [5.74, 6) is -1.41. The molecule has 1 aliphatic rings. The molecule has 1 aliphatic heterocycles. The number of rotatable bonds is 3. The van der Waals surface area contributed by atoms with Crippen molar-refractivity contribution in [2.24, 2.45) is 0 Å². The van der Waals surface area contributed by atoms with Gasteiger partial charge in [-0.2, -0.15) is 5.10 Å². The highest BCUT2D eigenvalue weighted by Gasteiger charge is 2.36. The molecule has 0 spiro atoms. The van der Waals surface area contributed by atoms with Crippen LogP contribution in [0.5, 0.6) is 0 Å². The van der Waals surface area contributed by atoms with Crippen LogP contribution in [0.15, 0.2) is 72.6 Å². The molecule has 2 heterocycles. The van der Waals surface area contributed by atoms with E-state index in [2.05, 4.69) is 10.4 Å². The fraction of sp³-hybridized carbons (Fsp3) is 0.130. The summed E-state index contributed by atoms with van der Waals surface area (Å²) in [6, 6.07) is 15.6. The molecule has 1 saturated heterocycles. The summed E-state index contributed by atoms with van der Waals surface area (Å²) in [6.45, 7) is 5.90. The molecule has 1 aromatic heterocycles. The lowest BCUT2D eigenvalue weighted by molar-refractivity contribution is -0.122. The van der Waals surface area contributed by atoms with E-state index in [1.165, 1.54) is 6.08 Å². The smallest absolute Gasteiger partial charge is 0.273 e. The van der Waals surface area contributed by atoms with Crippen LogP contribution in [0.2, 0.25) is 0 Å². The number of para-hydroxylation sites is 1. The maximum absolute atomic E-state index is 12.9. The molecule has 4 rings (SSSR count). The van der Waals surface area contributed by atoms with Crippen LogP contribution >= 0.6 is 0 Å². The molecule has 4 amide bonds. The van der Waals surface area contributed by atoms with Crippen LogP contribution in [0, 0.1) is 6.92 Å². The molecule has 152 valence electrons. The van der Waals surface area contributed by atoms with Gasteiger partial charge in [-0.25, -0.2) is 14.4 Å². The van der Waals surface area contributed by atoms with E-state index in [4.69, 9.17) is 0 Å². The molecule has 1 fully saturated rings. The predicted molar refractivity (Wildman–Crippen MR) is 115 cm³/mol. The lowest BCUT2D eigenvalue weighted by Crippen LogP contribution is -2.54. The highest BCUT2D eigenvalue weighted by molar-refractivity contribution is 6.39.